The van der Waals surface area contributed by atoms with Gasteiger partial charge in [0.15, 0.2) is 5.79 Å². The van der Waals surface area contributed by atoms with E-state index in [-0.39, 0.29) is 18.2 Å². The normalized spacial score (nSPS) is 32.5. The molecule has 3 heterocycles. The van der Waals surface area contributed by atoms with Crippen molar-refractivity contribution in [3.8, 4) is 0 Å². The molecular weight excluding hydrogens is 294 g/mol. The average Bonchev–Trinajstić information content (AvgIpc) is 3.13. The Labute approximate surface area is 135 Å². The average molecular weight is 317 g/mol. The summed E-state index contributed by atoms with van der Waals surface area (Å²) in [5.41, 5.74) is 6.82. The van der Waals surface area contributed by atoms with Crippen molar-refractivity contribution >= 4 is 16.9 Å². The summed E-state index contributed by atoms with van der Waals surface area (Å²) in [7, 11) is 1.97. The van der Waals surface area contributed by atoms with Gasteiger partial charge in [0.2, 0.25) is 0 Å². The zero-order valence-electron chi connectivity index (χ0n) is 13.7. The highest BCUT2D eigenvalue weighted by molar-refractivity contribution is 5.86. The van der Waals surface area contributed by atoms with Crippen molar-refractivity contribution in [2.75, 3.05) is 19.3 Å². The number of fused-ring (bicyclic) bond motifs is 2. The highest BCUT2D eigenvalue weighted by Crippen LogP contribution is 2.47. The molecule has 7 heteroatoms. The van der Waals surface area contributed by atoms with E-state index in [1.807, 2.05) is 33.2 Å². The van der Waals surface area contributed by atoms with Gasteiger partial charge in [0.05, 0.1) is 17.5 Å². The fourth-order valence-electron chi connectivity index (χ4n) is 4.05. The first-order valence-corrected chi connectivity index (χ1v) is 8.07. The summed E-state index contributed by atoms with van der Waals surface area (Å²) in [6.07, 6.45) is 4.66. The molecule has 1 saturated heterocycles. The van der Waals surface area contributed by atoms with E-state index >= 15 is 0 Å². The molecule has 7 nitrogen and oxygen atoms in total. The van der Waals surface area contributed by atoms with Crippen LogP contribution in [-0.2, 0) is 9.47 Å². The Balaban J connectivity index is 1.74. The van der Waals surface area contributed by atoms with Crippen LogP contribution in [-0.4, -0.2) is 46.1 Å². The third-order valence-electron chi connectivity index (χ3n) is 4.92. The summed E-state index contributed by atoms with van der Waals surface area (Å²) >= 11 is 0. The van der Waals surface area contributed by atoms with Crippen LogP contribution < -0.4 is 11.1 Å². The molecule has 2 aromatic rings. The van der Waals surface area contributed by atoms with Gasteiger partial charge in [0.1, 0.15) is 23.9 Å². The van der Waals surface area contributed by atoms with E-state index in [9.17, 15) is 0 Å². The van der Waals surface area contributed by atoms with Crippen molar-refractivity contribution in [1.29, 1.82) is 0 Å². The predicted octanol–water partition coefficient (Wildman–Crippen LogP) is 1.31. The van der Waals surface area contributed by atoms with E-state index in [0.717, 1.165) is 24.0 Å². The Bertz CT molecular complexity index is 728. The van der Waals surface area contributed by atoms with Gasteiger partial charge in [0.25, 0.3) is 0 Å². The highest BCUT2D eigenvalue weighted by Gasteiger charge is 2.54. The lowest BCUT2D eigenvalue weighted by Crippen LogP contribution is -2.31. The van der Waals surface area contributed by atoms with Gasteiger partial charge in [-0.1, -0.05) is 0 Å². The van der Waals surface area contributed by atoms with E-state index in [1.165, 1.54) is 6.33 Å². The summed E-state index contributed by atoms with van der Waals surface area (Å²) in [5.74, 6) is 0.379. The fraction of sp³-hybridized carbons (Fsp3) is 0.625. The SMILES string of the molecule is CNC[C@H]1C[C@@H](n2ccc3c(N)ncnc32)[C@@H]2OC(C)(C)O[C@H]12. The maximum Gasteiger partial charge on any atom is 0.163 e. The summed E-state index contributed by atoms with van der Waals surface area (Å²) in [4.78, 5) is 8.50. The molecule has 0 aromatic carbocycles. The number of rotatable bonds is 3. The largest absolute Gasteiger partial charge is 0.383 e. The third-order valence-corrected chi connectivity index (χ3v) is 4.92. The lowest BCUT2D eigenvalue weighted by molar-refractivity contribution is -0.160. The number of hydrogen-bond acceptors (Lipinski definition) is 6. The molecule has 1 aliphatic carbocycles. The first kappa shape index (κ1) is 14.9. The second kappa shape index (κ2) is 5.15. The predicted molar refractivity (Wildman–Crippen MR) is 86.8 cm³/mol. The van der Waals surface area contributed by atoms with Crippen molar-refractivity contribution in [2.24, 2.45) is 5.92 Å². The van der Waals surface area contributed by atoms with Crippen LogP contribution in [0.5, 0.6) is 0 Å². The molecule has 0 radical (unpaired) electrons. The molecule has 0 amide bonds. The molecule has 124 valence electrons. The van der Waals surface area contributed by atoms with E-state index in [0.29, 0.717) is 11.7 Å². The van der Waals surface area contributed by atoms with Gasteiger partial charge >= 0.3 is 0 Å². The Kier molecular flexibility index (Phi) is 3.33. The maximum atomic E-state index is 6.22. The van der Waals surface area contributed by atoms with Crippen molar-refractivity contribution in [3.05, 3.63) is 18.6 Å². The van der Waals surface area contributed by atoms with Crippen molar-refractivity contribution in [1.82, 2.24) is 19.9 Å². The Morgan fingerprint density at radius 3 is 2.91 bits per heavy atom. The van der Waals surface area contributed by atoms with Crippen LogP contribution in [0.3, 0.4) is 0 Å². The zero-order chi connectivity index (χ0) is 16.2. The number of anilines is 1. The van der Waals surface area contributed by atoms with Gasteiger partial charge in [-0.05, 0) is 33.4 Å². The minimum Gasteiger partial charge on any atom is -0.383 e. The van der Waals surface area contributed by atoms with Crippen LogP contribution >= 0.6 is 0 Å². The molecule has 4 rings (SSSR count). The zero-order valence-corrected chi connectivity index (χ0v) is 13.7. The minimum absolute atomic E-state index is 0.0233. The second-order valence-electron chi connectivity index (χ2n) is 6.90. The quantitative estimate of drug-likeness (QED) is 0.887. The van der Waals surface area contributed by atoms with Crippen LogP contribution in [0.4, 0.5) is 5.82 Å². The Hall–Kier alpha value is -1.70. The van der Waals surface area contributed by atoms with Gasteiger partial charge in [0, 0.05) is 18.7 Å². The van der Waals surface area contributed by atoms with Crippen LogP contribution in [0, 0.1) is 5.92 Å². The number of aromatic nitrogens is 3. The summed E-state index contributed by atoms with van der Waals surface area (Å²) in [6.45, 7) is 4.87. The van der Waals surface area contributed by atoms with Crippen LogP contribution in [0.2, 0.25) is 0 Å². The van der Waals surface area contributed by atoms with E-state index in [4.69, 9.17) is 15.2 Å². The van der Waals surface area contributed by atoms with Crippen LogP contribution in [0.15, 0.2) is 18.6 Å². The number of nitrogens with one attached hydrogen (secondary N) is 1. The second-order valence-corrected chi connectivity index (χ2v) is 6.90. The van der Waals surface area contributed by atoms with E-state index in [1.54, 1.807) is 0 Å². The van der Waals surface area contributed by atoms with Crippen molar-refractivity contribution in [2.45, 2.75) is 44.3 Å². The maximum absolute atomic E-state index is 6.22. The summed E-state index contributed by atoms with van der Waals surface area (Å²) < 4.78 is 14.6. The van der Waals surface area contributed by atoms with Gasteiger partial charge < -0.3 is 25.1 Å². The molecule has 2 fully saturated rings. The standard InChI is InChI=1S/C16H23N5O2/c1-16(2)22-12-9(7-18-3)6-11(13(12)23-16)21-5-4-10-14(17)19-8-20-15(10)21/h4-5,8-9,11-13,18H,6-7H2,1-3H3,(H2,17,19,20)/t9-,11-,12-,13+/m1/s1. The molecule has 2 aliphatic rings. The molecular formula is C16H23N5O2. The van der Waals surface area contributed by atoms with Gasteiger partial charge in [-0.25, -0.2) is 9.97 Å². The summed E-state index contributed by atoms with van der Waals surface area (Å²) in [5, 5.41) is 4.16. The van der Waals surface area contributed by atoms with Crippen molar-refractivity contribution in [3.63, 3.8) is 0 Å². The minimum atomic E-state index is -0.545. The summed E-state index contributed by atoms with van der Waals surface area (Å²) in [6, 6.07) is 2.17. The molecule has 3 N–H and O–H groups in total. The lowest BCUT2D eigenvalue weighted by Gasteiger charge is -2.24. The smallest absolute Gasteiger partial charge is 0.163 e. The van der Waals surface area contributed by atoms with Crippen LogP contribution in [0.25, 0.3) is 11.0 Å². The topological polar surface area (TPSA) is 87.2 Å². The fourth-order valence-corrected chi connectivity index (χ4v) is 4.05. The Morgan fingerprint density at radius 1 is 1.35 bits per heavy atom. The number of ether oxygens (including phenoxy) is 2. The molecule has 0 unspecified atom stereocenters. The van der Waals surface area contributed by atoms with E-state index in [2.05, 4.69) is 19.9 Å². The highest BCUT2D eigenvalue weighted by atomic mass is 16.8. The first-order valence-electron chi connectivity index (χ1n) is 8.07. The molecule has 0 bridgehead atoms. The molecule has 23 heavy (non-hydrogen) atoms. The van der Waals surface area contributed by atoms with Gasteiger partial charge in [-0.2, -0.15) is 0 Å². The number of nitrogens with two attached hydrogens (primary N) is 1. The number of hydrogen-bond donors (Lipinski definition) is 2. The monoisotopic (exact) mass is 317 g/mol. The van der Waals surface area contributed by atoms with Gasteiger partial charge in [-0.3, -0.25) is 0 Å². The number of nitrogen functional groups attached to an aromatic ring is 1. The van der Waals surface area contributed by atoms with Crippen molar-refractivity contribution < 1.29 is 9.47 Å². The lowest BCUT2D eigenvalue weighted by atomic mass is 10.1. The molecule has 0 spiro atoms. The first-order chi connectivity index (χ1) is 11.0. The molecule has 1 saturated carbocycles. The van der Waals surface area contributed by atoms with Gasteiger partial charge in [-0.15, -0.1) is 0 Å². The Morgan fingerprint density at radius 2 is 2.13 bits per heavy atom. The molecule has 2 aromatic heterocycles. The molecule has 1 aliphatic heterocycles. The molecule has 4 atom stereocenters. The number of nitrogens with zero attached hydrogens (tertiary/aromatic N) is 3. The van der Waals surface area contributed by atoms with Crippen LogP contribution in [0.1, 0.15) is 26.3 Å². The third kappa shape index (κ3) is 2.31. The van der Waals surface area contributed by atoms with E-state index < -0.39 is 5.79 Å².